The molecule has 7 heteroatoms. The number of amidine groups is 1. The van der Waals surface area contributed by atoms with Crippen LogP contribution in [0.25, 0.3) is 0 Å². The maximum atomic E-state index is 13.3. The fraction of sp³-hybridized carbons (Fsp3) is 0.462. The second-order valence-electron chi connectivity index (χ2n) is 10.6. The van der Waals surface area contributed by atoms with Crippen LogP contribution in [0.1, 0.15) is 91.7 Å². The van der Waals surface area contributed by atoms with Crippen LogP contribution in [0.5, 0.6) is 5.75 Å². The molecule has 0 fully saturated rings. The van der Waals surface area contributed by atoms with Crippen LogP contribution < -0.4 is 5.32 Å². The number of hydrogen-bond acceptors (Lipinski definition) is 5. The van der Waals surface area contributed by atoms with Crippen LogP contribution >= 0.6 is 0 Å². The number of ketones is 1. The zero-order valence-corrected chi connectivity index (χ0v) is 20.6. The van der Waals surface area contributed by atoms with Crippen LogP contribution in [0.2, 0.25) is 0 Å². The van der Waals surface area contributed by atoms with E-state index in [2.05, 4.69) is 10.3 Å². The second kappa shape index (κ2) is 8.61. The van der Waals surface area contributed by atoms with Gasteiger partial charge in [-0.25, -0.2) is 4.98 Å². The van der Waals surface area contributed by atoms with Crippen molar-refractivity contribution in [2.75, 3.05) is 13.1 Å². The highest BCUT2D eigenvalue weighted by atomic mass is 16.3. The molecular weight excluding hydrogens is 416 g/mol. The van der Waals surface area contributed by atoms with Gasteiger partial charge in [0.1, 0.15) is 23.0 Å². The molecule has 33 heavy (non-hydrogen) atoms. The van der Waals surface area contributed by atoms with E-state index in [1.54, 1.807) is 29.2 Å². The average molecular weight is 451 g/mol. The average Bonchev–Trinajstić information content (AvgIpc) is 3.01. The third-order valence-corrected chi connectivity index (χ3v) is 5.83. The van der Waals surface area contributed by atoms with Crippen LogP contribution in [0.3, 0.4) is 0 Å². The second-order valence-corrected chi connectivity index (χ2v) is 10.6. The third-order valence-electron chi connectivity index (χ3n) is 5.83. The minimum Gasteiger partial charge on any atom is -0.507 e. The number of amides is 1. The van der Waals surface area contributed by atoms with E-state index in [1.165, 1.54) is 0 Å². The van der Waals surface area contributed by atoms with Gasteiger partial charge in [0.25, 0.3) is 5.91 Å². The summed E-state index contributed by atoms with van der Waals surface area (Å²) in [6, 6.07) is 6.98. The lowest BCUT2D eigenvalue weighted by molar-refractivity contribution is 0.0946. The molecule has 176 valence electrons. The predicted molar refractivity (Wildman–Crippen MR) is 129 cm³/mol. The van der Waals surface area contributed by atoms with Gasteiger partial charge in [0, 0.05) is 35.3 Å². The van der Waals surface area contributed by atoms with E-state index in [0.29, 0.717) is 24.3 Å². The van der Waals surface area contributed by atoms with Gasteiger partial charge in [-0.1, -0.05) is 47.6 Å². The number of benzene rings is 1. The number of carbonyl (C=O) groups excluding carboxylic acids is 2. The first-order valence-corrected chi connectivity index (χ1v) is 11.3. The van der Waals surface area contributed by atoms with Gasteiger partial charge < -0.3 is 15.3 Å². The number of nitrogens with one attached hydrogen (secondary N) is 2. The van der Waals surface area contributed by atoms with Crippen molar-refractivity contribution in [1.29, 1.82) is 5.41 Å². The molecule has 0 bridgehead atoms. The van der Waals surface area contributed by atoms with Crippen molar-refractivity contribution in [3.05, 3.63) is 57.9 Å². The zero-order valence-electron chi connectivity index (χ0n) is 20.6. The SMILES string of the molecule is CCNC(=O)c1ccc2c(n1)C(=N)N(CC(=O)c1cc(C(C)(C)C)c(O)c(C(C)(C)C)c1)C2. The van der Waals surface area contributed by atoms with Crippen molar-refractivity contribution in [2.45, 2.75) is 65.8 Å². The Morgan fingerprint density at radius 2 is 1.67 bits per heavy atom. The summed E-state index contributed by atoms with van der Waals surface area (Å²) in [5, 5.41) is 22.2. The van der Waals surface area contributed by atoms with Crippen LogP contribution in [-0.4, -0.2) is 45.6 Å². The van der Waals surface area contributed by atoms with Crippen molar-refractivity contribution in [1.82, 2.24) is 15.2 Å². The van der Waals surface area contributed by atoms with Gasteiger partial charge in [0.15, 0.2) is 5.78 Å². The van der Waals surface area contributed by atoms with Gasteiger partial charge in [-0.3, -0.25) is 15.0 Å². The number of phenolic OH excluding ortho intramolecular Hbond substituents is 1. The van der Waals surface area contributed by atoms with Crippen molar-refractivity contribution in [3.8, 4) is 5.75 Å². The van der Waals surface area contributed by atoms with Crippen molar-refractivity contribution in [2.24, 2.45) is 0 Å². The van der Waals surface area contributed by atoms with E-state index in [-0.39, 0.29) is 46.3 Å². The van der Waals surface area contributed by atoms with Crippen molar-refractivity contribution >= 4 is 17.5 Å². The summed E-state index contributed by atoms with van der Waals surface area (Å²) in [5.41, 5.74) is 2.81. The number of hydrogen-bond donors (Lipinski definition) is 3. The summed E-state index contributed by atoms with van der Waals surface area (Å²) >= 11 is 0. The summed E-state index contributed by atoms with van der Waals surface area (Å²) in [6.07, 6.45) is 0. The fourth-order valence-electron chi connectivity index (χ4n) is 3.97. The number of phenols is 1. The highest BCUT2D eigenvalue weighted by molar-refractivity contribution is 6.05. The van der Waals surface area contributed by atoms with Gasteiger partial charge >= 0.3 is 0 Å². The minimum absolute atomic E-state index is 0.0175. The van der Waals surface area contributed by atoms with Crippen LogP contribution in [0.4, 0.5) is 0 Å². The molecule has 0 saturated heterocycles. The van der Waals surface area contributed by atoms with Gasteiger partial charge in [-0.05, 0) is 36.0 Å². The summed E-state index contributed by atoms with van der Waals surface area (Å²) in [5.74, 6) is -0.0473. The van der Waals surface area contributed by atoms with Crippen LogP contribution in [0.15, 0.2) is 24.3 Å². The van der Waals surface area contributed by atoms with Crippen LogP contribution in [0, 0.1) is 5.41 Å². The predicted octanol–water partition coefficient (Wildman–Crippen LogP) is 4.16. The highest BCUT2D eigenvalue weighted by Gasteiger charge is 2.31. The molecular formula is C26H34N4O3. The number of fused-ring (bicyclic) bond motifs is 1. The van der Waals surface area contributed by atoms with E-state index in [1.807, 2.05) is 48.5 Å². The molecule has 1 aliphatic rings. The third kappa shape index (κ3) is 4.92. The number of carbonyl (C=O) groups is 2. The molecule has 3 rings (SSSR count). The summed E-state index contributed by atoms with van der Waals surface area (Å²) in [7, 11) is 0. The zero-order chi connectivity index (χ0) is 24.7. The number of Topliss-reactive ketones (excluding diaryl/α,β-unsaturated/α-hetero) is 1. The molecule has 0 atom stereocenters. The maximum absolute atomic E-state index is 13.3. The van der Waals surface area contributed by atoms with Crippen molar-refractivity contribution in [3.63, 3.8) is 0 Å². The Labute approximate surface area is 195 Å². The topological polar surface area (TPSA) is 106 Å². The monoisotopic (exact) mass is 450 g/mol. The Hall–Kier alpha value is -3.22. The van der Waals surface area contributed by atoms with E-state index >= 15 is 0 Å². The molecule has 1 amide bonds. The molecule has 0 spiro atoms. The molecule has 2 aromatic rings. The summed E-state index contributed by atoms with van der Waals surface area (Å²) < 4.78 is 0. The molecule has 0 radical (unpaired) electrons. The lowest BCUT2D eigenvalue weighted by atomic mass is 9.78. The minimum atomic E-state index is -0.337. The van der Waals surface area contributed by atoms with Gasteiger partial charge in [0.05, 0.1) is 6.54 Å². The number of pyridine rings is 1. The Bertz CT molecular complexity index is 1090. The fourth-order valence-corrected chi connectivity index (χ4v) is 3.97. The largest absolute Gasteiger partial charge is 0.507 e. The first-order chi connectivity index (χ1) is 15.2. The Kier molecular flexibility index (Phi) is 6.37. The Morgan fingerprint density at radius 1 is 1.09 bits per heavy atom. The first-order valence-electron chi connectivity index (χ1n) is 11.3. The van der Waals surface area contributed by atoms with E-state index in [9.17, 15) is 14.7 Å². The molecule has 1 aromatic heterocycles. The maximum Gasteiger partial charge on any atom is 0.269 e. The lowest BCUT2D eigenvalue weighted by Gasteiger charge is -2.28. The molecule has 0 aliphatic carbocycles. The lowest BCUT2D eigenvalue weighted by Crippen LogP contribution is -2.31. The smallest absolute Gasteiger partial charge is 0.269 e. The molecule has 2 heterocycles. The standard InChI is InChI=1S/C26H34N4O3/c1-8-28-24(33)19-10-9-15-13-30(23(27)21(15)29-19)14-20(31)16-11-17(25(2,3)4)22(32)18(12-16)26(5,6)7/h9-12,27,32H,8,13-14H2,1-7H3,(H,28,33). The van der Waals surface area contributed by atoms with Crippen LogP contribution in [-0.2, 0) is 17.4 Å². The summed E-state index contributed by atoms with van der Waals surface area (Å²) in [6.45, 7) is 14.8. The van der Waals surface area contributed by atoms with Gasteiger partial charge in [0.2, 0.25) is 0 Å². The summed E-state index contributed by atoms with van der Waals surface area (Å²) in [4.78, 5) is 31.5. The quantitative estimate of drug-likeness (QED) is 0.593. The highest BCUT2D eigenvalue weighted by Crippen LogP contribution is 2.40. The number of nitrogens with zero attached hydrogens (tertiary/aromatic N) is 2. The normalized spacial score (nSPS) is 13.8. The Morgan fingerprint density at radius 3 is 2.18 bits per heavy atom. The first kappa shape index (κ1) is 24.4. The van der Waals surface area contributed by atoms with Crippen molar-refractivity contribution < 1.29 is 14.7 Å². The molecule has 1 aliphatic heterocycles. The number of aromatic nitrogens is 1. The van der Waals surface area contributed by atoms with Gasteiger partial charge in [-0.15, -0.1) is 0 Å². The molecule has 1 aromatic carbocycles. The van der Waals surface area contributed by atoms with Gasteiger partial charge in [-0.2, -0.15) is 0 Å². The molecule has 0 unspecified atom stereocenters. The number of rotatable bonds is 5. The Balaban J connectivity index is 1.90. The number of aromatic hydroxyl groups is 1. The molecule has 7 nitrogen and oxygen atoms in total. The molecule has 3 N–H and O–H groups in total. The van der Waals surface area contributed by atoms with E-state index < -0.39 is 0 Å². The van der Waals surface area contributed by atoms with E-state index in [0.717, 1.165) is 16.7 Å². The molecule has 0 saturated carbocycles. The van der Waals surface area contributed by atoms with E-state index in [4.69, 9.17) is 5.41 Å².